The van der Waals surface area contributed by atoms with Crippen molar-refractivity contribution in [1.29, 1.82) is 0 Å². The summed E-state index contributed by atoms with van der Waals surface area (Å²) in [5.74, 6) is 2.55. The minimum absolute atomic E-state index is 0.267. The highest BCUT2D eigenvalue weighted by Gasteiger charge is 2.28. The van der Waals surface area contributed by atoms with E-state index in [-0.39, 0.29) is 5.78 Å². The maximum absolute atomic E-state index is 12.5. The van der Waals surface area contributed by atoms with Gasteiger partial charge in [0.15, 0.2) is 5.78 Å². The predicted octanol–water partition coefficient (Wildman–Crippen LogP) is 4.19. The molecule has 4 heteroatoms. The Morgan fingerprint density at radius 2 is 1.71 bits per heavy atom. The number of hydrogen-bond acceptors (Lipinski definition) is 4. The largest absolute Gasteiger partial charge is 0.378 e. The average molecular weight is 317 g/mol. The van der Waals surface area contributed by atoms with Crippen LogP contribution in [0.2, 0.25) is 0 Å². The summed E-state index contributed by atoms with van der Waals surface area (Å²) in [5.41, 5.74) is 4.31. The molecule has 3 rings (SSSR count). The van der Waals surface area contributed by atoms with Crippen molar-refractivity contribution in [2.75, 3.05) is 30.5 Å². The van der Waals surface area contributed by atoms with Gasteiger partial charge in [-0.25, -0.2) is 0 Å². The molecule has 1 saturated heterocycles. The summed E-state index contributed by atoms with van der Waals surface area (Å²) < 4.78 is 1.27. The monoisotopic (exact) mass is 317 g/mol. The molecule has 2 aliphatic rings. The molecule has 0 unspecified atom stereocenters. The molecular formula is C17H19NOS2. The molecule has 0 N–H and O–H groups in total. The normalized spacial score (nSPS) is 20.7. The highest BCUT2D eigenvalue weighted by Crippen LogP contribution is 2.43. The molecule has 1 aromatic carbocycles. The fourth-order valence-corrected chi connectivity index (χ4v) is 5.18. The summed E-state index contributed by atoms with van der Waals surface area (Å²) in [4.78, 5) is 14.6. The van der Waals surface area contributed by atoms with Gasteiger partial charge in [-0.1, -0.05) is 12.1 Å². The van der Waals surface area contributed by atoms with Crippen molar-refractivity contribution in [1.82, 2.24) is 0 Å². The molecule has 2 nitrogen and oxygen atoms in total. The minimum Gasteiger partial charge on any atom is -0.378 e. The maximum Gasteiger partial charge on any atom is 0.186 e. The highest BCUT2D eigenvalue weighted by molar-refractivity contribution is 8.25. The molecule has 0 radical (unpaired) electrons. The number of ketones is 1. The first-order chi connectivity index (χ1) is 10.1. The lowest BCUT2D eigenvalue weighted by Crippen LogP contribution is -2.07. The van der Waals surface area contributed by atoms with E-state index in [2.05, 4.69) is 35.2 Å². The van der Waals surface area contributed by atoms with Crippen LogP contribution in [0.25, 0.3) is 6.08 Å². The van der Waals surface area contributed by atoms with Gasteiger partial charge in [-0.05, 0) is 36.6 Å². The van der Waals surface area contributed by atoms with Gasteiger partial charge in [0.2, 0.25) is 0 Å². The number of carbonyl (C=O) groups excluding carboxylic acids is 1. The zero-order chi connectivity index (χ0) is 14.8. The van der Waals surface area contributed by atoms with Crippen molar-refractivity contribution in [2.24, 2.45) is 0 Å². The molecular weight excluding hydrogens is 298 g/mol. The minimum atomic E-state index is 0.267. The first-order valence-corrected chi connectivity index (χ1v) is 9.13. The number of Topliss-reactive ketones (excluding diaryl/α,β-unsaturated/α-hetero) is 1. The Balaban J connectivity index is 1.81. The van der Waals surface area contributed by atoms with Crippen molar-refractivity contribution < 1.29 is 4.79 Å². The molecule has 1 aliphatic carbocycles. The summed E-state index contributed by atoms with van der Waals surface area (Å²) >= 11 is 3.69. The molecule has 0 atom stereocenters. The van der Waals surface area contributed by atoms with E-state index in [0.717, 1.165) is 41.1 Å². The topological polar surface area (TPSA) is 20.3 Å². The Morgan fingerprint density at radius 1 is 1.05 bits per heavy atom. The number of nitrogens with zero attached hydrogens (tertiary/aromatic N) is 1. The van der Waals surface area contributed by atoms with E-state index >= 15 is 0 Å². The Bertz CT molecular complexity index is 606. The molecule has 1 heterocycles. The molecule has 1 saturated carbocycles. The number of thioether (sulfide) groups is 2. The van der Waals surface area contributed by atoms with Crippen LogP contribution in [0.15, 0.2) is 39.6 Å². The van der Waals surface area contributed by atoms with E-state index in [4.69, 9.17) is 0 Å². The second-order valence-corrected chi connectivity index (χ2v) is 7.92. The molecule has 110 valence electrons. The zero-order valence-corrected chi connectivity index (χ0v) is 14.0. The van der Waals surface area contributed by atoms with Crippen molar-refractivity contribution in [3.05, 3.63) is 45.2 Å². The molecule has 0 spiro atoms. The predicted molar refractivity (Wildman–Crippen MR) is 94.9 cm³/mol. The van der Waals surface area contributed by atoms with Crippen molar-refractivity contribution in [3.63, 3.8) is 0 Å². The van der Waals surface area contributed by atoms with Crippen LogP contribution in [-0.2, 0) is 4.79 Å². The first-order valence-electron chi connectivity index (χ1n) is 7.16. The van der Waals surface area contributed by atoms with E-state index < -0.39 is 0 Å². The second-order valence-electron chi connectivity index (χ2n) is 5.45. The molecule has 1 aromatic rings. The number of carbonyl (C=O) groups is 1. The van der Waals surface area contributed by atoms with Crippen LogP contribution < -0.4 is 4.90 Å². The van der Waals surface area contributed by atoms with E-state index in [1.807, 2.05) is 37.6 Å². The number of hydrogen-bond donors (Lipinski definition) is 0. The third-order valence-electron chi connectivity index (χ3n) is 3.76. The molecule has 21 heavy (non-hydrogen) atoms. The van der Waals surface area contributed by atoms with Gasteiger partial charge in [-0.2, -0.15) is 0 Å². The van der Waals surface area contributed by atoms with Gasteiger partial charge in [0.25, 0.3) is 0 Å². The molecule has 1 aliphatic heterocycles. The second kappa shape index (κ2) is 6.32. The lowest BCUT2D eigenvalue weighted by molar-refractivity contribution is -0.111. The average Bonchev–Trinajstić information content (AvgIpc) is 3.10. The van der Waals surface area contributed by atoms with Crippen LogP contribution in [0, 0.1) is 0 Å². The van der Waals surface area contributed by atoms with E-state index in [1.54, 1.807) is 0 Å². The van der Waals surface area contributed by atoms with Crippen LogP contribution in [0.5, 0.6) is 0 Å². The zero-order valence-electron chi connectivity index (χ0n) is 12.4. The van der Waals surface area contributed by atoms with Gasteiger partial charge in [0.1, 0.15) is 0 Å². The number of rotatable bonds is 2. The smallest absolute Gasteiger partial charge is 0.186 e. The quantitative estimate of drug-likeness (QED) is 0.762. The van der Waals surface area contributed by atoms with E-state index in [0.29, 0.717) is 0 Å². The van der Waals surface area contributed by atoms with E-state index in [1.165, 1.54) is 9.92 Å². The number of benzene rings is 1. The standard InChI is InChI=1S/C17H19NOS2/c1-18(2)14-6-3-12(4-7-14)11-13-5-8-15(16(13)19)17-20-9-10-21-17/h3-4,6-7,11H,5,8-10H2,1-2H3/b13-11-. The van der Waals surface area contributed by atoms with Gasteiger partial charge in [0.05, 0.1) is 0 Å². The molecule has 2 fully saturated rings. The van der Waals surface area contributed by atoms with Crippen LogP contribution in [0.4, 0.5) is 5.69 Å². The van der Waals surface area contributed by atoms with Gasteiger partial charge in [-0.15, -0.1) is 23.5 Å². The Kier molecular flexibility index (Phi) is 4.45. The van der Waals surface area contributed by atoms with Crippen LogP contribution in [0.3, 0.4) is 0 Å². The lowest BCUT2D eigenvalue weighted by Gasteiger charge is -2.11. The van der Waals surface area contributed by atoms with Crippen molar-refractivity contribution >= 4 is 41.1 Å². The van der Waals surface area contributed by atoms with Crippen LogP contribution in [-0.4, -0.2) is 31.4 Å². The highest BCUT2D eigenvalue weighted by atomic mass is 32.2. The Labute approximate surface area is 134 Å². The van der Waals surface area contributed by atoms with E-state index in [9.17, 15) is 4.79 Å². The molecule has 0 aromatic heterocycles. The summed E-state index contributed by atoms with van der Waals surface area (Å²) in [5, 5.41) is 0. The van der Waals surface area contributed by atoms with Crippen LogP contribution >= 0.6 is 23.5 Å². The van der Waals surface area contributed by atoms with Gasteiger partial charge < -0.3 is 4.90 Å². The molecule has 0 bridgehead atoms. The first kappa shape index (κ1) is 14.8. The van der Waals surface area contributed by atoms with Gasteiger partial charge in [0, 0.05) is 46.7 Å². The summed E-state index contributed by atoms with van der Waals surface area (Å²) in [6, 6.07) is 8.35. The Morgan fingerprint density at radius 3 is 2.33 bits per heavy atom. The summed E-state index contributed by atoms with van der Waals surface area (Å²) in [6.45, 7) is 0. The van der Waals surface area contributed by atoms with Crippen LogP contribution in [0.1, 0.15) is 18.4 Å². The third-order valence-corrected chi connectivity index (χ3v) is 6.56. The van der Waals surface area contributed by atoms with Crippen molar-refractivity contribution in [3.8, 4) is 0 Å². The van der Waals surface area contributed by atoms with Gasteiger partial charge in [-0.3, -0.25) is 4.79 Å². The number of allylic oxidation sites excluding steroid dienone is 2. The van der Waals surface area contributed by atoms with Crippen molar-refractivity contribution in [2.45, 2.75) is 12.8 Å². The Hall–Kier alpha value is -1.13. The fourth-order valence-electron chi connectivity index (χ4n) is 2.57. The number of anilines is 1. The molecule has 0 amide bonds. The third kappa shape index (κ3) is 3.22. The van der Waals surface area contributed by atoms with Gasteiger partial charge >= 0.3 is 0 Å². The fraction of sp³-hybridized carbons (Fsp3) is 0.353. The lowest BCUT2D eigenvalue weighted by atomic mass is 10.1. The summed E-state index contributed by atoms with van der Waals surface area (Å²) in [7, 11) is 4.06. The maximum atomic E-state index is 12.5. The SMILES string of the molecule is CN(C)c1ccc(/C=C2/CCC(=C3SCCS3)C2=O)cc1. The summed E-state index contributed by atoms with van der Waals surface area (Å²) in [6.07, 6.45) is 3.85.